The molecule has 0 bridgehead atoms. The van der Waals surface area contributed by atoms with E-state index in [1.165, 1.54) is 5.01 Å². The molecule has 4 amide bonds. The van der Waals surface area contributed by atoms with E-state index >= 15 is 0 Å². The zero-order chi connectivity index (χ0) is 22.5. The molecule has 0 radical (unpaired) electrons. The third-order valence-electron chi connectivity index (χ3n) is 6.48. The molecule has 1 aromatic carbocycles. The van der Waals surface area contributed by atoms with Crippen LogP contribution in [0, 0.1) is 11.8 Å². The summed E-state index contributed by atoms with van der Waals surface area (Å²) in [5.41, 5.74) is 3.50. The minimum absolute atomic E-state index is 0.0682. The molecule has 8 nitrogen and oxygen atoms in total. The normalized spacial score (nSPS) is 23.2. The van der Waals surface area contributed by atoms with Gasteiger partial charge >= 0.3 is 0 Å². The third-order valence-corrected chi connectivity index (χ3v) is 6.48. The second kappa shape index (κ2) is 9.97. The molecule has 2 N–H and O–H groups in total. The van der Waals surface area contributed by atoms with E-state index in [0.717, 1.165) is 38.8 Å². The predicted molar refractivity (Wildman–Crippen MR) is 119 cm³/mol. The topological polar surface area (TPSA) is 98.8 Å². The number of hydrogen-bond donors (Lipinski definition) is 2. The Morgan fingerprint density at radius 1 is 1.00 bits per heavy atom. The molecule has 4 rings (SSSR count). The third kappa shape index (κ3) is 4.84. The number of amides is 4. The number of rotatable bonds is 5. The van der Waals surface area contributed by atoms with Crippen LogP contribution in [0.15, 0.2) is 36.4 Å². The van der Waals surface area contributed by atoms with Crippen LogP contribution in [-0.2, 0) is 14.4 Å². The average molecular weight is 439 g/mol. The molecule has 2 atom stereocenters. The number of benzene rings is 1. The first-order valence-corrected chi connectivity index (χ1v) is 11.5. The zero-order valence-electron chi connectivity index (χ0n) is 18.2. The lowest BCUT2D eigenvalue weighted by Crippen LogP contribution is -2.59. The first-order valence-electron chi connectivity index (χ1n) is 11.5. The Labute approximate surface area is 188 Å². The van der Waals surface area contributed by atoms with Crippen LogP contribution in [0.1, 0.15) is 55.3 Å². The van der Waals surface area contributed by atoms with Gasteiger partial charge in [-0.3, -0.25) is 24.6 Å². The maximum Gasteiger partial charge on any atom is 0.251 e. The van der Waals surface area contributed by atoms with Gasteiger partial charge in [-0.25, -0.2) is 5.01 Å². The maximum absolute atomic E-state index is 12.9. The standard InChI is InChI=1S/C24H30N4O4/c29-21(27-14-5-1-2-6-15-27)12-13-25-22(30)17-8-7-9-18(16-17)28-24(32)20-11-4-3-10-19(20)23(31)26-28/h3-4,7-9,16,19-20H,1-2,5-6,10-15H2,(H,25,30)(H,26,31). The van der Waals surface area contributed by atoms with Gasteiger partial charge in [0.05, 0.1) is 17.5 Å². The number of nitrogens with zero attached hydrogens (tertiary/aromatic N) is 2. The fourth-order valence-corrected chi connectivity index (χ4v) is 4.63. The summed E-state index contributed by atoms with van der Waals surface area (Å²) in [4.78, 5) is 52.3. The van der Waals surface area contributed by atoms with E-state index in [1.54, 1.807) is 24.3 Å². The van der Waals surface area contributed by atoms with E-state index in [4.69, 9.17) is 0 Å². The van der Waals surface area contributed by atoms with Crippen molar-refractivity contribution >= 4 is 29.3 Å². The van der Waals surface area contributed by atoms with E-state index in [9.17, 15) is 19.2 Å². The molecule has 170 valence electrons. The van der Waals surface area contributed by atoms with Crippen molar-refractivity contribution in [1.82, 2.24) is 15.6 Å². The summed E-state index contributed by atoms with van der Waals surface area (Å²) in [6.45, 7) is 1.85. The van der Waals surface area contributed by atoms with Crippen molar-refractivity contribution in [3.63, 3.8) is 0 Å². The maximum atomic E-state index is 12.9. The van der Waals surface area contributed by atoms with Gasteiger partial charge in [-0.1, -0.05) is 31.1 Å². The summed E-state index contributed by atoms with van der Waals surface area (Å²) in [6.07, 6.45) is 9.64. The predicted octanol–water partition coefficient (Wildman–Crippen LogP) is 2.17. The molecule has 2 unspecified atom stereocenters. The highest BCUT2D eigenvalue weighted by Crippen LogP contribution is 2.32. The van der Waals surface area contributed by atoms with Gasteiger partial charge in [0, 0.05) is 31.6 Å². The molecule has 1 aromatic rings. The van der Waals surface area contributed by atoms with Crippen LogP contribution in [0.3, 0.4) is 0 Å². The highest BCUT2D eigenvalue weighted by molar-refractivity contribution is 6.05. The molecule has 0 aromatic heterocycles. The zero-order valence-corrected chi connectivity index (χ0v) is 18.2. The van der Waals surface area contributed by atoms with Gasteiger partial charge in [0.1, 0.15) is 0 Å². The van der Waals surface area contributed by atoms with Gasteiger partial charge in [-0.05, 0) is 43.9 Å². The molecule has 2 saturated heterocycles. The quantitative estimate of drug-likeness (QED) is 0.689. The Balaban J connectivity index is 1.35. The Hall–Kier alpha value is -3.16. The minimum Gasteiger partial charge on any atom is -0.352 e. The fourth-order valence-electron chi connectivity index (χ4n) is 4.63. The summed E-state index contributed by atoms with van der Waals surface area (Å²) in [6, 6.07) is 6.61. The van der Waals surface area contributed by atoms with Gasteiger partial charge < -0.3 is 10.2 Å². The van der Waals surface area contributed by atoms with Crippen LogP contribution >= 0.6 is 0 Å². The Morgan fingerprint density at radius 3 is 2.47 bits per heavy atom. The van der Waals surface area contributed by atoms with E-state index in [0.29, 0.717) is 24.1 Å². The van der Waals surface area contributed by atoms with Crippen molar-refractivity contribution in [2.24, 2.45) is 11.8 Å². The van der Waals surface area contributed by atoms with E-state index < -0.39 is 0 Å². The number of likely N-dealkylation sites (tertiary alicyclic amines) is 1. The first kappa shape index (κ1) is 22.0. The van der Waals surface area contributed by atoms with E-state index in [1.807, 2.05) is 17.1 Å². The molecule has 2 fully saturated rings. The smallest absolute Gasteiger partial charge is 0.251 e. The monoisotopic (exact) mass is 438 g/mol. The molecule has 0 saturated carbocycles. The Bertz CT molecular complexity index is 920. The lowest BCUT2D eigenvalue weighted by molar-refractivity contribution is -0.140. The average Bonchev–Trinajstić information content (AvgIpc) is 3.11. The fraction of sp³-hybridized carbons (Fsp3) is 0.500. The number of carbonyl (C=O) groups excluding carboxylic acids is 4. The largest absolute Gasteiger partial charge is 0.352 e. The van der Waals surface area contributed by atoms with Gasteiger partial charge in [-0.2, -0.15) is 0 Å². The van der Waals surface area contributed by atoms with Gasteiger partial charge in [-0.15, -0.1) is 0 Å². The van der Waals surface area contributed by atoms with E-state index in [2.05, 4.69) is 10.7 Å². The van der Waals surface area contributed by atoms with Crippen molar-refractivity contribution in [1.29, 1.82) is 0 Å². The van der Waals surface area contributed by atoms with Gasteiger partial charge in [0.25, 0.3) is 5.91 Å². The molecule has 8 heteroatoms. The van der Waals surface area contributed by atoms with Crippen molar-refractivity contribution in [3.05, 3.63) is 42.0 Å². The number of nitrogens with one attached hydrogen (secondary N) is 2. The molecular weight excluding hydrogens is 408 g/mol. The molecule has 0 spiro atoms. The van der Waals surface area contributed by atoms with Crippen LogP contribution in [0.2, 0.25) is 0 Å². The second-order valence-electron chi connectivity index (χ2n) is 8.66. The highest BCUT2D eigenvalue weighted by Gasteiger charge is 2.42. The molecule has 1 aliphatic carbocycles. The Morgan fingerprint density at radius 2 is 1.72 bits per heavy atom. The molecule has 2 heterocycles. The van der Waals surface area contributed by atoms with E-state index in [-0.39, 0.29) is 48.4 Å². The van der Waals surface area contributed by atoms with Crippen LogP contribution in [-0.4, -0.2) is 48.2 Å². The SMILES string of the molecule is O=C(NCCC(=O)N1CCCCCC1)c1cccc(N2NC(=O)C3CC=CCC3C2=O)c1. The molecular formula is C24H30N4O4. The van der Waals surface area contributed by atoms with Crippen molar-refractivity contribution < 1.29 is 19.2 Å². The summed E-state index contributed by atoms with van der Waals surface area (Å²) >= 11 is 0. The lowest BCUT2D eigenvalue weighted by Gasteiger charge is -2.38. The Kier molecular flexibility index (Phi) is 6.87. The number of hydrogen-bond acceptors (Lipinski definition) is 4. The van der Waals surface area contributed by atoms with Crippen molar-refractivity contribution in [3.8, 4) is 0 Å². The molecule has 3 aliphatic rings. The molecule has 32 heavy (non-hydrogen) atoms. The minimum atomic E-state index is -0.378. The highest BCUT2D eigenvalue weighted by atomic mass is 16.2. The number of anilines is 1. The number of allylic oxidation sites excluding steroid dienone is 2. The van der Waals surface area contributed by atoms with Crippen LogP contribution in [0.4, 0.5) is 5.69 Å². The van der Waals surface area contributed by atoms with Crippen molar-refractivity contribution in [2.45, 2.75) is 44.9 Å². The second-order valence-corrected chi connectivity index (χ2v) is 8.66. The lowest BCUT2D eigenvalue weighted by atomic mass is 9.80. The summed E-state index contributed by atoms with van der Waals surface area (Å²) in [7, 11) is 0. The number of carbonyl (C=O) groups is 4. The van der Waals surface area contributed by atoms with Gasteiger partial charge in [0.15, 0.2) is 0 Å². The van der Waals surface area contributed by atoms with Crippen LogP contribution in [0.5, 0.6) is 0 Å². The van der Waals surface area contributed by atoms with Crippen LogP contribution in [0.25, 0.3) is 0 Å². The summed E-state index contributed by atoms with van der Waals surface area (Å²) in [5.74, 6) is -1.31. The molecule has 2 aliphatic heterocycles. The summed E-state index contributed by atoms with van der Waals surface area (Å²) in [5, 5.41) is 4.05. The first-order chi connectivity index (χ1) is 15.5. The number of hydrazine groups is 1. The van der Waals surface area contributed by atoms with Gasteiger partial charge in [0.2, 0.25) is 17.7 Å². The van der Waals surface area contributed by atoms with Crippen molar-refractivity contribution in [2.75, 3.05) is 24.6 Å². The van der Waals surface area contributed by atoms with Crippen LogP contribution < -0.4 is 15.8 Å². The summed E-state index contributed by atoms with van der Waals surface area (Å²) < 4.78 is 0. The number of fused-ring (bicyclic) bond motifs is 1.